The number of ether oxygens (including phenoxy) is 1. The number of aliphatic hydroxyl groups is 1. The molecule has 1 saturated heterocycles. The fourth-order valence-electron chi connectivity index (χ4n) is 2.95. The van der Waals surface area contributed by atoms with Crippen molar-refractivity contribution < 1.29 is 9.84 Å². The van der Waals surface area contributed by atoms with Gasteiger partial charge in [-0.3, -0.25) is 0 Å². The first kappa shape index (κ1) is 11.1. The van der Waals surface area contributed by atoms with Crippen LogP contribution >= 0.6 is 0 Å². The Hall–Kier alpha value is -1.06. The summed E-state index contributed by atoms with van der Waals surface area (Å²) >= 11 is 0. The molecule has 0 aromatic heterocycles. The molecule has 0 saturated carbocycles. The highest BCUT2D eigenvalue weighted by Gasteiger charge is 2.41. The Bertz CT molecular complexity index is 424. The molecule has 17 heavy (non-hydrogen) atoms. The molecule has 3 heteroatoms. The lowest BCUT2D eigenvalue weighted by atomic mass is 9.82. The summed E-state index contributed by atoms with van der Waals surface area (Å²) in [5.74, 6) is 0.872. The zero-order valence-electron chi connectivity index (χ0n) is 10.2. The van der Waals surface area contributed by atoms with Crippen molar-refractivity contribution in [1.29, 1.82) is 0 Å². The van der Waals surface area contributed by atoms with Gasteiger partial charge < -0.3 is 15.2 Å². The highest BCUT2D eigenvalue weighted by atomic mass is 16.5. The highest BCUT2D eigenvalue weighted by Crippen LogP contribution is 2.43. The van der Waals surface area contributed by atoms with Gasteiger partial charge in [0.1, 0.15) is 11.4 Å². The van der Waals surface area contributed by atoms with Crippen molar-refractivity contribution in [2.75, 3.05) is 13.1 Å². The third-order valence-electron chi connectivity index (χ3n) is 3.93. The molecule has 2 N–H and O–H groups in total. The van der Waals surface area contributed by atoms with Gasteiger partial charge in [0.05, 0.1) is 6.10 Å². The molecule has 1 unspecified atom stereocenters. The van der Waals surface area contributed by atoms with Crippen LogP contribution in [0.5, 0.6) is 5.75 Å². The van der Waals surface area contributed by atoms with E-state index in [1.165, 1.54) is 5.56 Å². The molecule has 2 aliphatic heterocycles. The zero-order chi connectivity index (χ0) is 11.9. The predicted octanol–water partition coefficient (Wildman–Crippen LogP) is 1.93. The van der Waals surface area contributed by atoms with Gasteiger partial charge in [-0.1, -0.05) is 11.6 Å². The average Bonchev–Trinajstić information content (AvgIpc) is 2.31. The number of rotatable bonds is 0. The maximum atomic E-state index is 10.3. The van der Waals surface area contributed by atoms with Crippen LogP contribution in [0.15, 0.2) is 18.2 Å². The normalized spacial score (nSPS) is 26.4. The molecule has 92 valence electrons. The molecule has 0 radical (unpaired) electrons. The van der Waals surface area contributed by atoms with Gasteiger partial charge in [-0.2, -0.15) is 0 Å². The molecule has 1 atom stereocenters. The summed E-state index contributed by atoms with van der Waals surface area (Å²) in [5, 5.41) is 13.6. The minimum Gasteiger partial charge on any atom is -0.487 e. The largest absolute Gasteiger partial charge is 0.487 e. The second-order valence-electron chi connectivity index (χ2n) is 5.30. The van der Waals surface area contributed by atoms with Crippen LogP contribution in [0.4, 0.5) is 0 Å². The fourth-order valence-corrected chi connectivity index (χ4v) is 2.95. The summed E-state index contributed by atoms with van der Waals surface area (Å²) in [4.78, 5) is 0. The van der Waals surface area contributed by atoms with Gasteiger partial charge in [0.2, 0.25) is 0 Å². The van der Waals surface area contributed by atoms with Gasteiger partial charge in [-0.25, -0.2) is 0 Å². The van der Waals surface area contributed by atoms with Crippen molar-refractivity contribution in [2.45, 2.75) is 37.9 Å². The van der Waals surface area contributed by atoms with Gasteiger partial charge in [0.15, 0.2) is 0 Å². The Morgan fingerprint density at radius 1 is 1.35 bits per heavy atom. The summed E-state index contributed by atoms with van der Waals surface area (Å²) in [6, 6.07) is 6.08. The van der Waals surface area contributed by atoms with E-state index >= 15 is 0 Å². The van der Waals surface area contributed by atoms with Crippen LogP contribution in [-0.4, -0.2) is 23.8 Å². The first-order valence-electron chi connectivity index (χ1n) is 6.37. The van der Waals surface area contributed by atoms with Crippen LogP contribution in [0.1, 0.15) is 36.5 Å². The van der Waals surface area contributed by atoms with Gasteiger partial charge in [-0.15, -0.1) is 0 Å². The zero-order valence-corrected chi connectivity index (χ0v) is 10.2. The molecular weight excluding hydrogens is 214 g/mol. The summed E-state index contributed by atoms with van der Waals surface area (Å²) in [7, 11) is 0. The molecule has 3 rings (SSSR count). The van der Waals surface area contributed by atoms with Crippen molar-refractivity contribution in [3.05, 3.63) is 29.3 Å². The van der Waals surface area contributed by atoms with E-state index in [1.54, 1.807) is 0 Å². The van der Waals surface area contributed by atoms with Gasteiger partial charge in [0, 0.05) is 12.0 Å². The molecule has 1 aromatic carbocycles. The fraction of sp³-hybridized carbons (Fsp3) is 0.571. The van der Waals surface area contributed by atoms with Gasteiger partial charge in [-0.05, 0) is 45.0 Å². The summed E-state index contributed by atoms with van der Waals surface area (Å²) < 4.78 is 6.19. The Morgan fingerprint density at radius 3 is 2.88 bits per heavy atom. The van der Waals surface area contributed by atoms with Crippen LogP contribution in [0.2, 0.25) is 0 Å². The first-order valence-corrected chi connectivity index (χ1v) is 6.37. The smallest absolute Gasteiger partial charge is 0.125 e. The summed E-state index contributed by atoms with van der Waals surface area (Å²) in [5.41, 5.74) is 1.98. The molecule has 0 amide bonds. The maximum absolute atomic E-state index is 10.3. The quantitative estimate of drug-likeness (QED) is 0.719. The Balaban J connectivity index is 1.94. The maximum Gasteiger partial charge on any atom is 0.125 e. The van der Waals surface area contributed by atoms with E-state index < -0.39 is 0 Å². The van der Waals surface area contributed by atoms with Gasteiger partial charge >= 0.3 is 0 Å². The number of fused-ring (bicyclic) bond motifs is 1. The Labute approximate surface area is 102 Å². The second-order valence-corrected chi connectivity index (χ2v) is 5.30. The van der Waals surface area contributed by atoms with Crippen LogP contribution in [0, 0.1) is 6.92 Å². The number of hydrogen-bond acceptors (Lipinski definition) is 3. The molecule has 0 bridgehead atoms. The predicted molar refractivity (Wildman–Crippen MR) is 66.2 cm³/mol. The lowest BCUT2D eigenvalue weighted by molar-refractivity contribution is -0.0337. The number of aryl methyl sites for hydroxylation is 1. The summed E-state index contributed by atoms with van der Waals surface area (Å²) in [6.07, 6.45) is 2.32. The number of benzene rings is 1. The first-order chi connectivity index (χ1) is 8.19. The molecule has 2 aliphatic rings. The number of hydrogen-bond donors (Lipinski definition) is 2. The average molecular weight is 233 g/mol. The lowest BCUT2D eigenvalue weighted by Crippen LogP contribution is -2.49. The van der Waals surface area contributed by atoms with Crippen LogP contribution in [0.25, 0.3) is 0 Å². The van der Waals surface area contributed by atoms with E-state index in [9.17, 15) is 5.11 Å². The second kappa shape index (κ2) is 4.00. The van der Waals surface area contributed by atoms with Crippen molar-refractivity contribution in [3.63, 3.8) is 0 Å². The third kappa shape index (κ3) is 1.94. The minimum absolute atomic E-state index is 0.146. The third-order valence-corrected chi connectivity index (χ3v) is 3.93. The van der Waals surface area contributed by atoms with E-state index in [0.717, 1.165) is 43.7 Å². The molecule has 1 fully saturated rings. The molecule has 1 spiro atoms. The van der Waals surface area contributed by atoms with E-state index in [1.807, 2.05) is 25.1 Å². The van der Waals surface area contributed by atoms with Crippen molar-refractivity contribution in [2.24, 2.45) is 0 Å². The van der Waals surface area contributed by atoms with Crippen molar-refractivity contribution >= 4 is 0 Å². The van der Waals surface area contributed by atoms with Crippen molar-refractivity contribution in [1.82, 2.24) is 5.32 Å². The topological polar surface area (TPSA) is 41.5 Å². The highest BCUT2D eigenvalue weighted by molar-refractivity contribution is 5.41. The summed E-state index contributed by atoms with van der Waals surface area (Å²) in [6.45, 7) is 4.00. The molecule has 3 nitrogen and oxygen atoms in total. The number of aliphatic hydroxyl groups excluding tert-OH is 1. The molecular formula is C14H19NO2. The van der Waals surface area contributed by atoms with E-state index in [0.29, 0.717) is 0 Å². The molecule has 0 aliphatic carbocycles. The van der Waals surface area contributed by atoms with E-state index in [-0.39, 0.29) is 11.7 Å². The van der Waals surface area contributed by atoms with E-state index in [4.69, 9.17) is 4.74 Å². The number of piperidine rings is 1. The standard InChI is InChI=1S/C14H19NO2/c1-10-2-3-13-11(8-10)12(16)9-14(17-13)4-6-15-7-5-14/h2-3,8,12,15-16H,4-7,9H2,1H3. The van der Waals surface area contributed by atoms with Crippen LogP contribution in [0.3, 0.4) is 0 Å². The molecule has 1 aromatic rings. The minimum atomic E-state index is -0.378. The van der Waals surface area contributed by atoms with Crippen LogP contribution < -0.4 is 10.1 Å². The monoisotopic (exact) mass is 233 g/mol. The Kier molecular flexibility index (Phi) is 2.60. The van der Waals surface area contributed by atoms with Gasteiger partial charge in [0.25, 0.3) is 0 Å². The lowest BCUT2D eigenvalue weighted by Gasteiger charge is -2.43. The Morgan fingerprint density at radius 2 is 2.12 bits per heavy atom. The van der Waals surface area contributed by atoms with Crippen molar-refractivity contribution in [3.8, 4) is 5.75 Å². The number of nitrogens with one attached hydrogen (secondary N) is 1. The van der Waals surface area contributed by atoms with Crippen LogP contribution in [-0.2, 0) is 0 Å². The molecule has 2 heterocycles. The SMILES string of the molecule is Cc1ccc2c(c1)C(O)CC1(CCNCC1)O2. The van der Waals surface area contributed by atoms with E-state index in [2.05, 4.69) is 5.32 Å².